The maximum absolute atomic E-state index is 14.0. The number of hydrogen-bond acceptors (Lipinski definition) is 2. The molecule has 0 N–H and O–H groups in total. The second-order valence-corrected chi connectivity index (χ2v) is 8.27. The molecule has 0 saturated carbocycles. The number of nitrogens with zero attached hydrogens (tertiary/aromatic N) is 1. The Morgan fingerprint density at radius 2 is 1.90 bits per heavy atom. The van der Waals surface area contributed by atoms with Crippen LogP contribution in [0.4, 0.5) is 26.3 Å². The fourth-order valence-corrected chi connectivity index (χ4v) is 4.17. The third kappa shape index (κ3) is 4.21. The van der Waals surface area contributed by atoms with Crippen molar-refractivity contribution in [1.29, 1.82) is 0 Å². The van der Waals surface area contributed by atoms with E-state index < -0.39 is 40.9 Å². The Labute approximate surface area is 176 Å². The van der Waals surface area contributed by atoms with E-state index in [1.54, 1.807) is 18.2 Å². The Kier molecular flexibility index (Phi) is 5.86. The van der Waals surface area contributed by atoms with Crippen molar-refractivity contribution in [3.63, 3.8) is 0 Å². The van der Waals surface area contributed by atoms with E-state index in [-0.39, 0.29) is 16.1 Å². The van der Waals surface area contributed by atoms with E-state index in [2.05, 4.69) is 21.1 Å². The average molecular weight is 503 g/mol. The lowest BCUT2D eigenvalue weighted by Gasteiger charge is -2.30. The van der Waals surface area contributed by atoms with Gasteiger partial charge in [-0.2, -0.15) is 26.3 Å². The molecule has 1 aromatic rings. The molecular formula is C19H15BrClF6NO. The first-order valence-corrected chi connectivity index (χ1v) is 9.85. The van der Waals surface area contributed by atoms with Gasteiger partial charge in [0.15, 0.2) is 0 Å². The van der Waals surface area contributed by atoms with Gasteiger partial charge < -0.3 is 4.84 Å². The van der Waals surface area contributed by atoms with Gasteiger partial charge in [0.05, 0.1) is 16.7 Å². The van der Waals surface area contributed by atoms with Crippen molar-refractivity contribution in [2.24, 2.45) is 11.1 Å². The number of oxime groups is 1. The summed E-state index contributed by atoms with van der Waals surface area (Å²) in [5.41, 5.74) is -4.57. The first-order valence-electron chi connectivity index (χ1n) is 8.62. The lowest BCUT2D eigenvalue weighted by atomic mass is 9.84. The van der Waals surface area contributed by atoms with Crippen LogP contribution in [0.2, 0.25) is 0 Å². The van der Waals surface area contributed by atoms with Gasteiger partial charge in [-0.3, -0.25) is 0 Å². The van der Waals surface area contributed by atoms with Crippen LogP contribution in [0.1, 0.15) is 30.9 Å². The summed E-state index contributed by atoms with van der Waals surface area (Å²) in [5.74, 6) is 0.0372. The van der Waals surface area contributed by atoms with Crippen LogP contribution in [0.25, 0.3) is 0 Å². The standard InChI is InChI=1S/C19H15BrClF6NO/c1-2-10-3-4-11(5-15(10)21)16-9-17(29-28-16,19(25,26)27)12-6-13(18(22,23)24)8-14(20)7-12/h3-8,10,15H,2,9H2,1H3. The normalized spacial score (nSPS) is 27.5. The van der Waals surface area contributed by atoms with Crippen molar-refractivity contribution in [2.75, 3.05) is 0 Å². The Morgan fingerprint density at radius 3 is 2.45 bits per heavy atom. The third-order valence-electron chi connectivity index (χ3n) is 4.95. The van der Waals surface area contributed by atoms with E-state index in [1.165, 1.54) is 0 Å². The number of benzene rings is 1. The molecule has 1 aliphatic heterocycles. The third-order valence-corrected chi connectivity index (χ3v) is 5.86. The van der Waals surface area contributed by atoms with Crippen LogP contribution in [0, 0.1) is 5.92 Å². The highest BCUT2D eigenvalue weighted by molar-refractivity contribution is 9.10. The van der Waals surface area contributed by atoms with Crippen molar-refractivity contribution < 1.29 is 31.2 Å². The van der Waals surface area contributed by atoms with Crippen LogP contribution >= 0.6 is 27.5 Å². The quantitative estimate of drug-likeness (QED) is 0.318. The van der Waals surface area contributed by atoms with E-state index in [1.807, 2.05) is 6.92 Å². The maximum atomic E-state index is 14.0. The summed E-state index contributed by atoms with van der Waals surface area (Å²) in [4.78, 5) is 4.82. The Balaban J connectivity index is 2.01. The minimum Gasteiger partial charge on any atom is -0.374 e. The SMILES string of the molecule is CCC1C=CC(C2=NOC(c3cc(Br)cc(C(F)(F)F)c3)(C(F)(F)F)C2)=CC1Cl. The highest BCUT2D eigenvalue weighted by Gasteiger charge is 2.62. The summed E-state index contributed by atoms with van der Waals surface area (Å²) in [5, 5.41) is 3.16. The summed E-state index contributed by atoms with van der Waals surface area (Å²) >= 11 is 9.11. The molecule has 10 heteroatoms. The van der Waals surface area contributed by atoms with E-state index in [0.717, 1.165) is 12.5 Å². The molecule has 3 rings (SSSR count). The van der Waals surface area contributed by atoms with Crippen LogP contribution in [0.5, 0.6) is 0 Å². The number of allylic oxidation sites excluding steroid dienone is 4. The van der Waals surface area contributed by atoms with Gasteiger partial charge in [-0.25, -0.2) is 0 Å². The molecule has 0 spiro atoms. The highest BCUT2D eigenvalue weighted by atomic mass is 79.9. The largest absolute Gasteiger partial charge is 0.435 e. The van der Waals surface area contributed by atoms with Gasteiger partial charge in [0, 0.05) is 16.5 Å². The molecule has 0 radical (unpaired) electrons. The number of hydrogen-bond donors (Lipinski definition) is 0. The van der Waals surface area contributed by atoms with Crippen LogP contribution in [-0.2, 0) is 16.6 Å². The first kappa shape index (κ1) is 22.2. The van der Waals surface area contributed by atoms with Crippen LogP contribution in [-0.4, -0.2) is 17.3 Å². The van der Waals surface area contributed by atoms with Crippen molar-refractivity contribution in [3.8, 4) is 0 Å². The van der Waals surface area contributed by atoms with Crippen molar-refractivity contribution in [2.45, 2.75) is 43.1 Å². The Morgan fingerprint density at radius 1 is 1.21 bits per heavy atom. The second kappa shape index (κ2) is 7.65. The smallest absolute Gasteiger partial charge is 0.374 e. The van der Waals surface area contributed by atoms with Gasteiger partial charge in [-0.05, 0) is 36.1 Å². The molecule has 1 aliphatic carbocycles. The minimum atomic E-state index is -5.01. The number of rotatable bonds is 3. The van der Waals surface area contributed by atoms with Crippen molar-refractivity contribution in [1.82, 2.24) is 0 Å². The van der Waals surface area contributed by atoms with E-state index in [4.69, 9.17) is 16.4 Å². The van der Waals surface area contributed by atoms with Gasteiger partial charge in [0.1, 0.15) is 0 Å². The predicted molar refractivity (Wildman–Crippen MR) is 101 cm³/mol. The summed E-state index contributed by atoms with van der Waals surface area (Å²) in [6, 6.07) is 2.11. The lowest BCUT2D eigenvalue weighted by molar-refractivity contribution is -0.276. The zero-order valence-electron chi connectivity index (χ0n) is 14.9. The maximum Gasteiger partial charge on any atom is 0.435 e. The monoisotopic (exact) mass is 501 g/mol. The molecule has 1 aromatic carbocycles. The average Bonchev–Trinajstić information content (AvgIpc) is 3.07. The van der Waals surface area contributed by atoms with E-state index in [0.29, 0.717) is 17.7 Å². The van der Waals surface area contributed by atoms with Gasteiger partial charge in [-0.15, -0.1) is 11.6 Å². The molecule has 2 nitrogen and oxygen atoms in total. The molecule has 158 valence electrons. The molecule has 1 heterocycles. The van der Waals surface area contributed by atoms with Gasteiger partial charge in [0.25, 0.3) is 5.60 Å². The topological polar surface area (TPSA) is 21.6 Å². The molecular weight excluding hydrogens is 488 g/mol. The zero-order chi connectivity index (χ0) is 21.6. The fraction of sp³-hybridized carbons (Fsp3) is 0.421. The Hall–Kier alpha value is -1.48. The number of alkyl halides is 7. The van der Waals surface area contributed by atoms with Gasteiger partial charge >= 0.3 is 12.4 Å². The molecule has 29 heavy (non-hydrogen) atoms. The predicted octanol–water partition coefficient (Wildman–Crippen LogP) is 7.13. The molecule has 0 saturated heterocycles. The van der Waals surface area contributed by atoms with Crippen molar-refractivity contribution in [3.05, 3.63) is 57.6 Å². The zero-order valence-corrected chi connectivity index (χ0v) is 17.3. The van der Waals surface area contributed by atoms with Gasteiger partial charge in [-0.1, -0.05) is 46.2 Å². The van der Waals surface area contributed by atoms with Crippen LogP contribution < -0.4 is 0 Å². The summed E-state index contributed by atoms with van der Waals surface area (Å²) in [6.07, 6.45) is -4.85. The molecule has 0 bridgehead atoms. The van der Waals surface area contributed by atoms with Gasteiger partial charge in [0.2, 0.25) is 0 Å². The lowest BCUT2D eigenvalue weighted by Crippen LogP contribution is -2.43. The highest BCUT2D eigenvalue weighted by Crippen LogP contribution is 2.50. The molecule has 0 amide bonds. The van der Waals surface area contributed by atoms with E-state index in [9.17, 15) is 26.3 Å². The molecule has 0 fully saturated rings. The summed E-state index contributed by atoms with van der Waals surface area (Å²) in [6.45, 7) is 1.93. The van der Waals surface area contributed by atoms with Crippen molar-refractivity contribution >= 4 is 33.2 Å². The molecule has 0 aromatic heterocycles. The second-order valence-electron chi connectivity index (χ2n) is 6.85. The summed E-state index contributed by atoms with van der Waals surface area (Å²) in [7, 11) is 0. The van der Waals surface area contributed by atoms with E-state index >= 15 is 0 Å². The molecule has 3 atom stereocenters. The molecule has 3 unspecified atom stereocenters. The van der Waals surface area contributed by atoms with Crippen LogP contribution in [0.3, 0.4) is 0 Å². The first-order chi connectivity index (χ1) is 13.4. The number of halogens is 8. The van der Waals surface area contributed by atoms with Crippen LogP contribution in [0.15, 0.2) is 51.6 Å². The Bertz CT molecular complexity index is 892. The summed E-state index contributed by atoms with van der Waals surface area (Å²) < 4.78 is 81.4. The molecule has 2 aliphatic rings. The fourth-order valence-electron chi connectivity index (χ4n) is 3.28. The minimum absolute atomic E-state index is 0.0210.